The maximum absolute atomic E-state index is 11.2. The summed E-state index contributed by atoms with van der Waals surface area (Å²) in [6, 6.07) is 19.9. The number of aromatic nitrogens is 3. The Bertz CT molecular complexity index is 1280. The van der Waals surface area contributed by atoms with Crippen LogP contribution in [0, 0.1) is 20.2 Å². The molecule has 4 rings (SSSR count). The van der Waals surface area contributed by atoms with Gasteiger partial charge in [-0.25, -0.2) is 0 Å². The fourth-order valence-corrected chi connectivity index (χ4v) is 4.09. The average molecular weight is 463 g/mol. The van der Waals surface area contributed by atoms with Gasteiger partial charge in [0.15, 0.2) is 11.0 Å². The molecule has 3 aromatic carbocycles. The van der Waals surface area contributed by atoms with Gasteiger partial charge in [-0.1, -0.05) is 42.1 Å². The molecular weight excluding hydrogens is 446 g/mol. The van der Waals surface area contributed by atoms with E-state index in [1.807, 2.05) is 34.9 Å². The lowest BCUT2D eigenvalue weighted by atomic mass is 10.2. The first-order valence-corrected chi connectivity index (χ1v) is 10.7. The molecule has 33 heavy (non-hydrogen) atoms. The second kappa shape index (κ2) is 9.49. The van der Waals surface area contributed by atoms with Crippen molar-refractivity contribution in [3.05, 3.63) is 104 Å². The quantitative estimate of drug-likeness (QED) is 0.223. The Morgan fingerprint density at radius 3 is 2.09 bits per heavy atom. The highest BCUT2D eigenvalue weighted by Crippen LogP contribution is 2.30. The maximum atomic E-state index is 11.2. The van der Waals surface area contributed by atoms with E-state index in [1.165, 1.54) is 23.9 Å². The Morgan fingerprint density at radius 1 is 0.848 bits per heavy atom. The molecule has 0 aliphatic rings. The van der Waals surface area contributed by atoms with E-state index in [0.717, 1.165) is 17.2 Å². The van der Waals surface area contributed by atoms with Gasteiger partial charge in [-0.05, 0) is 35.4 Å². The standard InChI is InChI=1S/C22H17N5O5S/c28-20-8-6-17(7-9-20)21-23-24-22(25(21)13-15-4-2-1-3-5-15)33-14-16-10-18(26(29)30)12-19(11-16)27(31)32/h1-12,28H,13-14H2. The molecule has 0 radical (unpaired) electrons. The van der Waals surface area contributed by atoms with Crippen molar-refractivity contribution in [2.24, 2.45) is 0 Å². The molecule has 0 unspecified atom stereocenters. The van der Waals surface area contributed by atoms with E-state index >= 15 is 0 Å². The summed E-state index contributed by atoms with van der Waals surface area (Å²) < 4.78 is 1.90. The molecule has 11 heteroatoms. The van der Waals surface area contributed by atoms with Crippen molar-refractivity contribution in [3.63, 3.8) is 0 Å². The maximum Gasteiger partial charge on any atom is 0.276 e. The highest BCUT2D eigenvalue weighted by molar-refractivity contribution is 7.98. The summed E-state index contributed by atoms with van der Waals surface area (Å²) in [5.74, 6) is 0.950. The smallest absolute Gasteiger partial charge is 0.276 e. The Morgan fingerprint density at radius 2 is 1.48 bits per heavy atom. The Hall–Kier alpha value is -4.25. The Balaban J connectivity index is 1.67. The van der Waals surface area contributed by atoms with E-state index in [0.29, 0.717) is 23.1 Å². The SMILES string of the molecule is O=[N+]([O-])c1cc(CSc2nnc(-c3ccc(O)cc3)n2Cc2ccccc2)cc([N+](=O)[O-])c1. The molecule has 0 amide bonds. The highest BCUT2D eigenvalue weighted by atomic mass is 32.2. The lowest BCUT2D eigenvalue weighted by molar-refractivity contribution is -0.394. The molecule has 4 aromatic rings. The minimum Gasteiger partial charge on any atom is -0.508 e. The molecule has 0 saturated heterocycles. The van der Waals surface area contributed by atoms with E-state index < -0.39 is 9.85 Å². The second-order valence-corrected chi connectivity index (χ2v) is 8.03. The number of nitro groups is 2. The molecule has 166 valence electrons. The molecule has 0 fully saturated rings. The molecule has 0 saturated carbocycles. The number of aromatic hydroxyl groups is 1. The molecule has 1 N–H and O–H groups in total. The topological polar surface area (TPSA) is 137 Å². The highest BCUT2D eigenvalue weighted by Gasteiger charge is 2.19. The summed E-state index contributed by atoms with van der Waals surface area (Å²) in [4.78, 5) is 21.0. The van der Waals surface area contributed by atoms with Crippen molar-refractivity contribution in [3.8, 4) is 17.1 Å². The number of phenols is 1. The molecule has 0 atom stereocenters. The van der Waals surface area contributed by atoms with Crippen molar-refractivity contribution in [1.82, 2.24) is 14.8 Å². The molecule has 1 heterocycles. The fraction of sp³-hybridized carbons (Fsp3) is 0.0909. The summed E-state index contributed by atoms with van der Waals surface area (Å²) in [5.41, 5.74) is 1.53. The third-order valence-corrected chi connectivity index (χ3v) is 5.82. The van der Waals surface area contributed by atoms with Gasteiger partial charge in [-0.15, -0.1) is 10.2 Å². The third kappa shape index (κ3) is 5.15. The second-order valence-electron chi connectivity index (χ2n) is 7.09. The van der Waals surface area contributed by atoms with Crippen LogP contribution in [0.3, 0.4) is 0 Å². The van der Waals surface area contributed by atoms with Crippen LogP contribution < -0.4 is 0 Å². The summed E-state index contributed by atoms with van der Waals surface area (Å²) >= 11 is 1.27. The zero-order valence-corrected chi connectivity index (χ0v) is 17.9. The summed E-state index contributed by atoms with van der Waals surface area (Å²) in [6.07, 6.45) is 0. The number of non-ortho nitro benzene ring substituents is 2. The van der Waals surface area contributed by atoms with Crippen molar-refractivity contribution in [1.29, 1.82) is 0 Å². The molecule has 0 bridgehead atoms. The predicted molar refractivity (Wildman–Crippen MR) is 122 cm³/mol. The van der Waals surface area contributed by atoms with Gasteiger partial charge in [0.2, 0.25) is 0 Å². The molecular formula is C22H17N5O5S. The average Bonchev–Trinajstić information content (AvgIpc) is 3.21. The van der Waals surface area contributed by atoms with Gasteiger partial charge in [0.1, 0.15) is 5.75 Å². The monoisotopic (exact) mass is 463 g/mol. The zero-order chi connectivity index (χ0) is 23.4. The number of rotatable bonds is 8. The zero-order valence-electron chi connectivity index (χ0n) is 17.1. The van der Waals surface area contributed by atoms with E-state index in [4.69, 9.17) is 0 Å². The first-order chi connectivity index (χ1) is 15.9. The first-order valence-electron chi connectivity index (χ1n) is 9.73. The van der Waals surface area contributed by atoms with Crippen molar-refractivity contribution >= 4 is 23.1 Å². The fourth-order valence-electron chi connectivity index (χ4n) is 3.23. The van der Waals surface area contributed by atoms with Crippen LogP contribution in [-0.2, 0) is 12.3 Å². The number of thioether (sulfide) groups is 1. The predicted octanol–water partition coefficient (Wildman–Crippen LogP) is 4.81. The van der Waals surface area contributed by atoms with Gasteiger partial charge < -0.3 is 5.11 Å². The van der Waals surface area contributed by atoms with E-state index in [2.05, 4.69) is 10.2 Å². The van der Waals surface area contributed by atoms with Crippen molar-refractivity contribution in [2.45, 2.75) is 17.5 Å². The van der Waals surface area contributed by atoms with Crippen LogP contribution in [0.25, 0.3) is 11.4 Å². The van der Waals surface area contributed by atoms with Crippen LogP contribution >= 0.6 is 11.8 Å². The van der Waals surface area contributed by atoms with E-state index in [1.54, 1.807) is 24.3 Å². The number of nitro benzene ring substituents is 2. The summed E-state index contributed by atoms with van der Waals surface area (Å²) in [6.45, 7) is 0.474. The molecule has 1 aromatic heterocycles. The largest absolute Gasteiger partial charge is 0.508 e. The number of hydrogen-bond donors (Lipinski definition) is 1. The third-order valence-electron chi connectivity index (χ3n) is 4.78. The number of nitrogens with zero attached hydrogens (tertiary/aromatic N) is 5. The molecule has 10 nitrogen and oxygen atoms in total. The number of benzene rings is 3. The molecule has 0 aliphatic heterocycles. The van der Waals surface area contributed by atoms with Crippen molar-refractivity contribution in [2.75, 3.05) is 0 Å². The lowest BCUT2D eigenvalue weighted by Crippen LogP contribution is -2.04. The minimum atomic E-state index is -0.651. The summed E-state index contributed by atoms with van der Waals surface area (Å²) in [7, 11) is 0. The van der Waals surface area contributed by atoms with Crippen LogP contribution in [-0.4, -0.2) is 29.7 Å². The van der Waals surface area contributed by atoms with Crippen LogP contribution in [0.2, 0.25) is 0 Å². The Labute approximate surface area is 191 Å². The molecule has 0 spiro atoms. The number of phenolic OH excluding ortho intramolecular Hbond substituents is 1. The first kappa shape index (κ1) is 22.0. The van der Waals surface area contributed by atoms with Crippen LogP contribution in [0.1, 0.15) is 11.1 Å². The Kier molecular flexibility index (Phi) is 6.31. The van der Waals surface area contributed by atoms with E-state index in [9.17, 15) is 25.3 Å². The van der Waals surface area contributed by atoms with Gasteiger partial charge >= 0.3 is 0 Å². The van der Waals surface area contributed by atoms with E-state index in [-0.39, 0.29) is 22.9 Å². The lowest BCUT2D eigenvalue weighted by Gasteiger charge is -2.11. The van der Waals surface area contributed by atoms with Gasteiger partial charge in [0, 0.05) is 23.4 Å². The van der Waals surface area contributed by atoms with Gasteiger partial charge in [0.25, 0.3) is 11.4 Å². The van der Waals surface area contributed by atoms with Crippen LogP contribution in [0.5, 0.6) is 5.75 Å². The van der Waals surface area contributed by atoms with Crippen LogP contribution in [0.4, 0.5) is 11.4 Å². The van der Waals surface area contributed by atoms with Crippen molar-refractivity contribution < 1.29 is 15.0 Å². The van der Waals surface area contributed by atoms with Crippen LogP contribution in [0.15, 0.2) is 78.0 Å². The minimum absolute atomic E-state index is 0.134. The van der Waals surface area contributed by atoms with Gasteiger partial charge in [-0.2, -0.15) is 0 Å². The number of hydrogen-bond acceptors (Lipinski definition) is 8. The summed E-state index contributed by atoms with van der Waals surface area (Å²) in [5, 5.41) is 41.1. The normalized spacial score (nSPS) is 10.8. The van der Waals surface area contributed by atoms with Gasteiger partial charge in [0.05, 0.1) is 22.5 Å². The molecule has 0 aliphatic carbocycles. The van der Waals surface area contributed by atoms with Gasteiger partial charge in [-0.3, -0.25) is 24.8 Å².